The number of nitrogens with one attached hydrogen (secondary N) is 3. The molecule has 0 aliphatic rings. The van der Waals surface area contributed by atoms with Gasteiger partial charge >= 0.3 is 6.09 Å². The molecule has 0 spiro atoms. The van der Waals surface area contributed by atoms with Crippen LogP contribution in [0, 0.1) is 5.41 Å². The molecule has 2 aromatic heterocycles. The summed E-state index contributed by atoms with van der Waals surface area (Å²) in [7, 11) is 1.92. The average Bonchev–Trinajstić information content (AvgIpc) is 3.37. The van der Waals surface area contributed by atoms with E-state index in [1.807, 2.05) is 56.7 Å². The second kappa shape index (κ2) is 16.9. The number of hydrogen-bond acceptors (Lipinski definition) is 9. The average molecular weight is 672 g/mol. The third-order valence-corrected chi connectivity index (χ3v) is 8.48. The number of carbonyl (C=O) groups excluding carboxylic acids is 3. The van der Waals surface area contributed by atoms with Crippen molar-refractivity contribution in [2.24, 2.45) is 7.05 Å². The van der Waals surface area contributed by atoms with Crippen LogP contribution in [0.2, 0.25) is 0 Å². The van der Waals surface area contributed by atoms with Gasteiger partial charge < -0.3 is 14.6 Å². The maximum absolute atomic E-state index is 13.8. The van der Waals surface area contributed by atoms with E-state index in [0.29, 0.717) is 35.6 Å². The molecule has 0 saturated carbocycles. The number of imidazole rings is 1. The van der Waals surface area contributed by atoms with Crippen molar-refractivity contribution in [3.63, 3.8) is 0 Å². The molecule has 48 heavy (non-hydrogen) atoms. The molecule has 2 amide bonds. The van der Waals surface area contributed by atoms with E-state index in [-0.39, 0.29) is 34.6 Å². The quantitative estimate of drug-likeness (QED) is 0.0720. The van der Waals surface area contributed by atoms with E-state index in [4.69, 9.17) is 15.1 Å². The molecule has 0 unspecified atom stereocenters. The molecular weight excluding hydrogens is 627 g/mol. The van der Waals surface area contributed by atoms with Gasteiger partial charge in [-0.05, 0) is 61.0 Å². The van der Waals surface area contributed by atoms with Crippen molar-refractivity contribution >= 4 is 57.3 Å². The highest BCUT2D eigenvalue weighted by atomic mass is 32.2. The summed E-state index contributed by atoms with van der Waals surface area (Å²) in [5.41, 5.74) is 3.37. The molecule has 3 N–H and O–H groups in total. The maximum Gasteiger partial charge on any atom is 0.412 e. The second-order valence-electron chi connectivity index (χ2n) is 12.4. The van der Waals surface area contributed by atoms with Crippen molar-refractivity contribution in [2.75, 3.05) is 23.4 Å². The van der Waals surface area contributed by atoms with Crippen molar-refractivity contribution in [3.05, 3.63) is 83.8 Å². The van der Waals surface area contributed by atoms with Gasteiger partial charge in [-0.2, -0.15) is 0 Å². The van der Waals surface area contributed by atoms with Gasteiger partial charge in [-0.3, -0.25) is 25.2 Å². The molecule has 2 heterocycles. The molecule has 0 atom stereocenters. The number of amidine groups is 1. The molecule has 12 heteroatoms. The Hall–Kier alpha value is -4.71. The van der Waals surface area contributed by atoms with Crippen molar-refractivity contribution in [3.8, 4) is 0 Å². The van der Waals surface area contributed by atoms with Crippen molar-refractivity contribution in [1.82, 2.24) is 19.9 Å². The number of aromatic nitrogens is 3. The van der Waals surface area contributed by atoms with Crippen LogP contribution in [0.1, 0.15) is 81.5 Å². The number of alkyl carbamates (subject to hydrolysis) is 1. The summed E-state index contributed by atoms with van der Waals surface area (Å²) in [6, 6.07) is 17.9. The number of aryl methyl sites for hydroxylation is 1. The molecule has 0 aliphatic heterocycles. The van der Waals surface area contributed by atoms with Gasteiger partial charge in [0.15, 0.2) is 5.12 Å². The van der Waals surface area contributed by atoms with Gasteiger partial charge in [-0.1, -0.05) is 64.8 Å². The molecule has 2 aromatic carbocycles. The molecule has 11 nitrogen and oxygen atoms in total. The van der Waals surface area contributed by atoms with Crippen LogP contribution in [0.3, 0.4) is 0 Å². The first-order valence-corrected chi connectivity index (χ1v) is 17.0. The molecule has 0 bridgehead atoms. The zero-order chi connectivity index (χ0) is 34.7. The third-order valence-electron chi connectivity index (χ3n) is 7.43. The number of fused-ring (bicyclic) bond motifs is 1. The normalized spacial score (nSPS) is 11.3. The van der Waals surface area contributed by atoms with Crippen LogP contribution < -0.4 is 15.5 Å². The highest BCUT2D eigenvalue weighted by molar-refractivity contribution is 8.14. The Balaban J connectivity index is 1.39. The van der Waals surface area contributed by atoms with Crippen molar-refractivity contribution in [2.45, 2.75) is 71.1 Å². The minimum Gasteiger partial charge on any atom is -0.449 e. The first-order chi connectivity index (χ1) is 22.9. The number of rotatable bonds is 14. The van der Waals surface area contributed by atoms with Gasteiger partial charge in [0.1, 0.15) is 17.5 Å². The standard InChI is InChI=1S/C36H45N7O4S/c1-6-7-8-11-22-47-35(46)41-33(37)25-13-16-27(17-14-25)39-24-31-40-28-23-26(15-18-29(28)42(31)5)34(45)43(30-12-9-10-20-38-30)21-19-32(44)48-36(2,3)4/h9-10,12-18,20,23,39H,6-8,11,19,21-22,24H2,1-5H3,(H2,37,41,46). The van der Waals surface area contributed by atoms with Crippen LogP contribution in [0.5, 0.6) is 0 Å². The smallest absolute Gasteiger partial charge is 0.412 e. The van der Waals surface area contributed by atoms with Crippen LogP contribution >= 0.6 is 11.8 Å². The predicted molar refractivity (Wildman–Crippen MR) is 193 cm³/mol. The van der Waals surface area contributed by atoms with Gasteiger partial charge in [0.25, 0.3) is 5.91 Å². The zero-order valence-electron chi connectivity index (χ0n) is 28.3. The predicted octanol–water partition coefficient (Wildman–Crippen LogP) is 7.31. The Morgan fingerprint density at radius 3 is 2.44 bits per heavy atom. The Morgan fingerprint density at radius 1 is 1.00 bits per heavy atom. The number of anilines is 2. The fourth-order valence-corrected chi connectivity index (χ4v) is 5.84. The summed E-state index contributed by atoms with van der Waals surface area (Å²) in [5.74, 6) is 0.963. The van der Waals surface area contributed by atoms with E-state index in [1.54, 1.807) is 47.5 Å². The minimum absolute atomic E-state index is 0.0197. The van der Waals surface area contributed by atoms with Gasteiger partial charge in [-0.25, -0.2) is 14.8 Å². The summed E-state index contributed by atoms with van der Waals surface area (Å²) in [6.07, 6.45) is 5.25. The van der Waals surface area contributed by atoms with E-state index in [1.165, 1.54) is 11.8 Å². The Bertz CT molecular complexity index is 1720. The fraction of sp³-hybridized carbons (Fsp3) is 0.389. The van der Waals surface area contributed by atoms with Gasteiger partial charge in [0.05, 0.1) is 24.2 Å². The Labute approximate surface area is 286 Å². The molecular formula is C36H45N7O4S. The number of pyridine rings is 1. The van der Waals surface area contributed by atoms with Gasteiger partial charge in [0.2, 0.25) is 0 Å². The van der Waals surface area contributed by atoms with Gasteiger partial charge in [-0.15, -0.1) is 0 Å². The zero-order valence-corrected chi connectivity index (χ0v) is 29.2. The molecule has 0 radical (unpaired) electrons. The molecule has 0 fully saturated rings. The molecule has 4 rings (SSSR count). The number of nitrogens with zero attached hydrogens (tertiary/aromatic N) is 4. The lowest BCUT2D eigenvalue weighted by Crippen LogP contribution is -2.33. The highest BCUT2D eigenvalue weighted by Crippen LogP contribution is 2.26. The topological polar surface area (TPSA) is 142 Å². The van der Waals surface area contributed by atoms with Crippen LogP contribution in [0.15, 0.2) is 66.9 Å². The van der Waals surface area contributed by atoms with Crippen LogP contribution in [0.25, 0.3) is 11.0 Å². The van der Waals surface area contributed by atoms with E-state index in [2.05, 4.69) is 22.5 Å². The largest absolute Gasteiger partial charge is 0.449 e. The summed E-state index contributed by atoms with van der Waals surface area (Å²) < 4.78 is 6.93. The number of ether oxygens (including phenoxy) is 1. The SMILES string of the molecule is CCCCCCOC(=O)NC(=N)c1ccc(NCc2nc3cc(C(=O)N(CCC(=O)SC(C)(C)C)c4ccccn4)ccc3n2C)cc1. The fourth-order valence-electron chi connectivity index (χ4n) is 4.97. The van der Waals surface area contributed by atoms with Crippen molar-refractivity contribution in [1.29, 1.82) is 5.41 Å². The van der Waals surface area contributed by atoms with Crippen LogP contribution in [-0.2, 0) is 23.1 Å². The summed E-state index contributed by atoms with van der Waals surface area (Å²) >= 11 is 1.27. The summed E-state index contributed by atoms with van der Waals surface area (Å²) in [6.45, 7) is 9.06. The number of carbonyl (C=O) groups is 3. The summed E-state index contributed by atoms with van der Waals surface area (Å²) in [4.78, 5) is 49.1. The Kier molecular flexibility index (Phi) is 12.7. The molecule has 254 valence electrons. The van der Waals surface area contributed by atoms with E-state index in [0.717, 1.165) is 42.7 Å². The third kappa shape index (κ3) is 10.4. The number of amides is 2. The molecule has 4 aromatic rings. The lowest BCUT2D eigenvalue weighted by atomic mass is 10.1. The number of benzene rings is 2. The van der Waals surface area contributed by atoms with Crippen molar-refractivity contribution < 1.29 is 19.1 Å². The first kappa shape index (κ1) is 36.1. The van der Waals surface area contributed by atoms with Gasteiger partial charge in [0, 0.05) is 47.8 Å². The molecule has 0 aliphatic carbocycles. The lowest BCUT2D eigenvalue weighted by molar-refractivity contribution is -0.110. The monoisotopic (exact) mass is 671 g/mol. The van der Waals surface area contributed by atoms with E-state index >= 15 is 0 Å². The lowest BCUT2D eigenvalue weighted by Gasteiger charge is -2.22. The van der Waals surface area contributed by atoms with E-state index in [9.17, 15) is 14.4 Å². The summed E-state index contributed by atoms with van der Waals surface area (Å²) in [5, 5.41) is 14.1. The maximum atomic E-state index is 13.8. The first-order valence-electron chi connectivity index (χ1n) is 16.2. The number of thioether (sulfide) groups is 1. The highest BCUT2D eigenvalue weighted by Gasteiger charge is 2.23. The second-order valence-corrected chi connectivity index (χ2v) is 14.3. The molecule has 0 saturated heterocycles. The van der Waals surface area contributed by atoms with E-state index < -0.39 is 6.09 Å². The number of hydrogen-bond donors (Lipinski definition) is 3. The van der Waals surface area contributed by atoms with Crippen LogP contribution in [-0.4, -0.2) is 55.4 Å². The number of unbranched alkanes of at least 4 members (excludes halogenated alkanes) is 3. The minimum atomic E-state index is -0.625. The van der Waals surface area contributed by atoms with Crippen LogP contribution in [0.4, 0.5) is 16.3 Å². The Morgan fingerprint density at radius 2 is 1.75 bits per heavy atom.